The molecule has 0 atom stereocenters. The van der Waals surface area contributed by atoms with Gasteiger partial charge in [-0.2, -0.15) is 0 Å². The van der Waals surface area contributed by atoms with Gasteiger partial charge in [0.05, 0.1) is 6.61 Å². The van der Waals surface area contributed by atoms with Crippen molar-refractivity contribution in [3.05, 3.63) is 11.9 Å². The molecule has 0 aliphatic heterocycles. The molecule has 0 aromatic carbocycles. The zero-order chi connectivity index (χ0) is 16.0. The number of rotatable bonds is 9. The Balaban J connectivity index is 4.32. The molecule has 0 spiro atoms. The van der Waals surface area contributed by atoms with Crippen molar-refractivity contribution < 1.29 is 9.53 Å². The largest absolute Gasteiger partial charge is 0.401 e. The summed E-state index contributed by atoms with van der Waals surface area (Å²) in [5.74, 6) is 6.04. The van der Waals surface area contributed by atoms with Crippen molar-refractivity contribution in [1.29, 1.82) is 0 Å². The molecule has 4 N–H and O–H groups in total. The molecule has 0 saturated carbocycles. The van der Waals surface area contributed by atoms with Crippen LogP contribution in [0, 0.1) is 5.41 Å². The van der Waals surface area contributed by atoms with Crippen molar-refractivity contribution >= 4 is 18.4 Å². The summed E-state index contributed by atoms with van der Waals surface area (Å²) in [5.41, 5.74) is 6.30. The number of carbonyl (C=O) groups is 1. The highest BCUT2D eigenvalue weighted by molar-refractivity contribution is 7.81. The predicted octanol–water partition coefficient (Wildman–Crippen LogP) is 2.04. The van der Waals surface area contributed by atoms with E-state index in [9.17, 15) is 4.79 Å². The molecular formula is C14H29N3O2S. The SMILES string of the molecule is CC(=O)CC/C(N)=C/N(N)CC(C)(C)COC(C)(C)S. The third-order valence-corrected chi connectivity index (χ3v) is 2.65. The Hall–Kier alpha value is -0.720. The van der Waals surface area contributed by atoms with Crippen LogP contribution in [0.3, 0.4) is 0 Å². The molecule has 6 heteroatoms. The Morgan fingerprint density at radius 2 is 1.85 bits per heavy atom. The van der Waals surface area contributed by atoms with Crippen molar-refractivity contribution in [3.63, 3.8) is 0 Å². The molecule has 0 aliphatic rings. The maximum atomic E-state index is 10.9. The molecule has 5 nitrogen and oxygen atoms in total. The van der Waals surface area contributed by atoms with Gasteiger partial charge in [0, 0.05) is 30.3 Å². The summed E-state index contributed by atoms with van der Waals surface area (Å²) in [4.78, 5) is 10.4. The molecule has 0 radical (unpaired) electrons. The van der Waals surface area contributed by atoms with Crippen molar-refractivity contribution in [2.75, 3.05) is 13.2 Å². The fraction of sp³-hybridized carbons (Fsp3) is 0.786. The van der Waals surface area contributed by atoms with Gasteiger partial charge < -0.3 is 20.3 Å². The lowest BCUT2D eigenvalue weighted by Crippen LogP contribution is -2.40. The van der Waals surface area contributed by atoms with Crippen molar-refractivity contribution in [3.8, 4) is 0 Å². The summed E-state index contributed by atoms with van der Waals surface area (Å²) < 4.78 is 5.66. The number of hydrogen-bond acceptors (Lipinski definition) is 6. The van der Waals surface area contributed by atoms with Crippen LogP contribution in [0.15, 0.2) is 11.9 Å². The van der Waals surface area contributed by atoms with E-state index in [2.05, 4.69) is 26.5 Å². The number of hydrogen-bond donors (Lipinski definition) is 3. The number of carbonyl (C=O) groups excluding carboxylic acids is 1. The molecule has 0 bridgehead atoms. The molecule has 118 valence electrons. The molecule has 0 unspecified atom stereocenters. The van der Waals surface area contributed by atoms with Crippen LogP contribution in [0.1, 0.15) is 47.5 Å². The predicted molar refractivity (Wildman–Crippen MR) is 85.9 cm³/mol. The lowest BCUT2D eigenvalue weighted by atomic mass is 9.94. The first-order valence-electron chi connectivity index (χ1n) is 6.74. The van der Waals surface area contributed by atoms with Gasteiger partial charge in [0.25, 0.3) is 0 Å². The Bertz CT molecular complexity index is 349. The van der Waals surface area contributed by atoms with Gasteiger partial charge in [0.1, 0.15) is 10.7 Å². The summed E-state index contributed by atoms with van der Waals surface area (Å²) in [6.07, 6.45) is 2.65. The minimum Gasteiger partial charge on any atom is -0.401 e. The van der Waals surface area contributed by atoms with E-state index >= 15 is 0 Å². The number of thiol groups is 1. The Morgan fingerprint density at radius 1 is 1.30 bits per heavy atom. The van der Waals surface area contributed by atoms with Crippen molar-refractivity contribution in [2.24, 2.45) is 17.0 Å². The highest BCUT2D eigenvalue weighted by atomic mass is 32.1. The highest BCUT2D eigenvalue weighted by Gasteiger charge is 2.23. The molecule has 0 fully saturated rings. The fourth-order valence-electron chi connectivity index (χ4n) is 1.56. The van der Waals surface area contributed by atoms with Crippen LogP contribution in [0.25, 0.3) is 0 Å². The third kappa shape index (κ3) is 11.1. The van der Waals surface area contributed by atoms with Gasteiger partial charge in [-0.3, -0.25) is 0 Å². The molecule has 0 aromatic heterocycles. The first-order valence-corrected chi connectivity index (χ1v) is 7.19. The summed E-state index contributed by atoms with van der Waals surface area (Å²) in [5, 5.41) is 1.55. The van der Waals surface area contributed by atoms with Crippen LogP contribution in [-0.2, 0) is 9.53 Å². The normalized spacial score (nSPS) is 13.4. The van der Waals surface area contributed by atoms with Crippen molar-refractivity contribution in [1.82, 2.24) is 5.01 Å². The second kappa shape index (κ2) is 7.90. The average Bonchev–Trinajstić information content (AvgIpc) is 2.22. The lowest BCUT2D eigenvalue weighted by Gasteiger charge is -2.32. The van der Waals surface area contributed by atoms with Gasteiger partial charge >= 0.3 is 0 Å². The van der Waals surface area contributed by atoms with E-state index in [0.29, 0.717) is 31.7 Å². The average molecular weight is 303 g/mol. The molecule has 20 heavy (non-hydrogen) atoms. The molecule has 0 saturated heterocycles. The minimum atomic E-state index is -0.465. The zero-order valence-corrected chi connectivity index (χ0v) is 14.2. The molecule has 0 aliphatic carbocycles. The maximum absolute atomic E-state index is 10.9. The summed E-state index contributed by atoms with van der Waals surface area (Å²) in [6.45, 7) is 10.6. The summed E-state index contributed by atoms with van der Waals surface area (Å²) in [7, 11) is 0. The fourth-order valence-corrected chi connectivity index (χ4v) is 1.62. The van der Waals surface area contributed by atoms with Gasteiger partial charge in [0.15, 0.2) is 0 Å². The number of Topliss-reactive ketones (excluding diaryl/α,β-unsaturated/α-hetero) is 1. The van der Waals surface area contributed by atoms with Gasteiger partial charge in [-0.1, -0.05) is 13.8 Å². The molecular weight excluding hydrogens is 274 g/mol. The smallest absolute Gasteiger partial charge is 0.130 e. The maximum Gasteiger partial charge on any atom is 0.130 e. The first-order chi connectivity index (χ1) is 8.91. The number of hydrazine groups is 1. The third-order valence-electron chi connectivity index (χ3n) is 2.52. The van der Waals surface area contributed by atoms with Crippen LogP contribution in [0.4, 0.5) is 0 Å². The minimum absolute atomic E-state index is 0.120. The quantitative estimate of drug-likeness (QED) is 0.263. The van der Waals surface area contributed by atoms with E-state index in [-0.39, 0.29) is 11.2 Å². The van der Waals surface area contributed by atoms with Crippen LogP contribution >= 0.6 is 12.6 Å². The van der Waals surface area contributed by atoms with Crippen molar-refractivity contribution in [2.45, 2.75) is 52.4 Å². The standard InChI is InChI=1S/C14H29N3O2S/c1-11(18)6-7-12(15)8-17(16)9-13(2,3)10-19-14(4,5)20/h8,20H,6-7,9-10,15-16H2,1-5H3/b12-8-. The Labute approximate surface area is 128 Å². The summed E-state index contributed by atoms with van der Waals surface area (Å²) in [6, 6.07) is 0. The van der Waals surface area contributed by atoms with Gasteiger partial charge in [0.2, 0.25) is 0 Å². The first kappa shape index (κ1) is 19.3. The highest BCUT2D eigenvalue weighted by Crippen LogP contribution is 2.22. The van der Waals surface area contributed by atoms with E-state index in [1.807, 2.05) is 13.8 Å². The molecule has 0 aromatic rings. The molecule has 0 rings (SSSR count). The van der Waals surface area contributed by atoms with E-state index < -0.39 is 4.93 Å². The summed E-state index contributed by atoms with van der Waals surface area (Å²) >= 11 is 4.33. The van der Waals surface area contributed by atoms with E-state index in [0.717, 1.165) is 0 Å². The number of ether oxygens (including phenoxy) is 1. The van der Waals surface area contributed by atoms with Gasteiger partial charge in [-0.15, -0.1) is 12.6 Å². The molecule has 0 amide bonds. The van der Waals surface area contributed by atoms with Crippen LogP contribution < -0.4 is 11.6 Å². The number of allylic oxidation sites excluding steroid dienone is 1. The Kier molecular flexibility index (Phi) is 7.62. The number of ketones is 1. The second-order valence-electron chi connectivity index (χ2n) is 6.48. The van der Waals surface area contributed by atoms with Crippen LogP contribution in [-0.4, -0.2) is 28.9 Å². The monoisotopic (exact) mass is 303 g/mol. The van der Waals surface area contributed by atoms with Crippen LogP contribution in [0.2, 0.25) is 0 Å². The topological polar surface area (TPSA) is 81.6 Å². The Morgan fingerprint density at radius 3 is 2.30 bits per heavy atom. The number of nitrogens with zero attached hydrogens (tertiary/aromatic N) is 1. The van der Waals surface area contributed by atoms with Gasteiger partial charge in [-0.25, -0.2) is 5.84 Å². The zero-order valence-electron chi connectivity index (χ0n) is 13.3. The van der Waals surface area contributed by atoms with Crippen LogP contribution in [0.5, 0.6) is 0 Å². The van der Waals surface area contributed by atoms with E-state index in [1.54, 1.807) is 18.1 Å². The second-order valence-corrected chi connectivity index (χ2v) is 7.56. The number of nitrogens with two attached hydrogens (primary N) is 2. The lowest BCUT2D eigenvalue weighted by molar-refractivity contribution is -0.116. The molecule has 0 heterocycles. The van der Waals surface area contributed by atoms with E-state index in [4.69, 9.17) is 16.3 Å². The van der Waals surface area contributed by atoms with E-state index in [1.165, 1.54) is 0 Å². The van der Waals surface area contributed by atoms with Gasteiger partial charge in [-0.05, 0) is 27.2 Å².